The molecular weight excluding hydrogens is 408 g/mol. The molecular formula is C22H23BrO4. The number of fused-ring (bicyclic) bond motifs is 1. The minimum Gasteiger partial charge on any atom is -0.485 e. The number of hydrogen-bond acceptors (Lipinski definition) is 4. The summed E-state index contributed by atoms with van der Waals surface area (Å²) in [5.41, 5.74) is 3.02. The van der Waals surface area contributed by atoms with Gasteiger partial charge in [-0.2, -0.15) is 0 Å². The lowest BCUT2D eigenvalue weighted by molar-refractivity contribution is -0.139. The summed E-state index contributed by atoms with van der Waals surface area (Å²) in [6.45, 7) is 1.33. The first-order valence-electron chi connectivity index (χ1n) is 9.02. The smallest absolute Gasteiger partial charge is 0.310 e. The quantitative estimate of drug-likeness (QED) is 0.439. The van der Waals surface area contributed by atoms with Crippen LogP contribution in [0.15, 0.2) is 53.0 Å². The Bertz CT molecular complexity index is 801. The molecule has 0 aliphatic carbocycles. The molecule has 5 heteroatoms. The van der Waals surface area contributed by atoms with Gasteiger partial charge in [0.25, 0.3) is 0 Å². The van der Waals surface area contributed by atoms with E-state index in [-0.39, 0.29) is 18.5 Å². The standard InChI is InChI=1S/C22H23BrO4/c1-25-21(24)14-17-9-12-20(23)22-19(17)11-10-18(27-22)8-5-13-26-15-16-6-3-2-4-7-16/h2-4,6-7,9-12,18H,5,8,13-15H2,1H3. The van der Waals surface area contributed by atoms with Crippen LogP contribution in [0, 0.1) is 0 Å². The van der Waals surface area contributed by atoms with Crippen LogP contribution in [0.1, 0.15) is 29.5 Å². The van der Waals surface area contributed by atoms with Crippen molar-refractivity contribution < 1.29 is 19.0 Å². The highest BCUT2D eigenvalue weighted by atomic mass is 79.9. The number of hydrogen-bond donors (Lipinski definition) is 0. The van der Waals surface area contributed by atoms with E-state index in [9.17, 15) is 4.79 Å². The fourth-order valence-corrected chi connectivity index (χ4v) is 3.44. The van der Waals surface area contributed by atoms with Gasteiger partial charge in [-0.1, -0.05) is 42.5 Å². The Labute approximate surface area is 168 Å². The summed E-state index contributed by atoms with van der Waals surface area (Å²) in [5.74, 6) is 0.528. The number of carbonyl (C=O) groups is 1. The van der Waals surface area contributed by atoms with Gasteiger partial charge in [0.05, 0.1) is 24.6 Å². The summed E-state index contributed by atoms with van der Waals surface area (Å²) in [6, 6.07) is 14.0. The second-order valence-electron chi connectivity index (χ2n) is 6.40. The van der Waals surface area contributed by atoms with E-state index in [0.717, 1.165) is 34.2 Å². The summed E-state index contributed by atoms with van der Waals surface area (Å²) in [7, 11) is 1.40. The average Bonchev–Trinajstić information content (AvgIpc) is 2.70. The van der Waals surface area contributed by atoms with Gasteiger partial charge in [-0.15, -0.1) is 0 Å². The number of esters is 1. The van der Waals surface area contributed by atoms with Crippen LogP contribution in [0.5, 0.6) is 5.75 Å². The Morgan fingerprint density at radius 1 is 1.19 bits per heavy atom. The van der Waals surface area contributed by atoms with Gasteiger partial charge in [0.15, 0.2) is 0 Å². The second kappa shape index (κ2) is 9.72. The molecule has 1 aliphatic heterocycles. The summed E-state index contributed by atoms with van der Waals surface area (Å²) < 4.78 is 17.5. The maximum Gasteiger partial charge on any atom is 0.310 e. The second-order valence-corrected chi connectivity index (χ2v) is 7.25. The lowest BCUT2D eigenvalue weighted by atomic mass is 9.99. The molecule has 0 N–H and O–H groups in total. The third-order valence-corrected chi connectivity index (χ3v) is 5.06. The molecule has 0 fully saturated rings. The molecule has 0 spiro atoms. The Hall–Kier alpha value is -2.11. The van der Waals surface area contributed by atoms with Crippen molar-refractivity contribution in [3.63, 3.8) is 0 Å². The third-order valence-electron chi connectivity index (χ3n) is 4.44. The van der Waals surface area contributed by atoms with Gasteiger partial charge in [-0.3, -0.25) is 4.79 Å². The maximum atomic E-state index is 11.6. The molecule has 1 heterocycles. The van der Waals surface area contributed by atoms with Crippen molar-refractivity contribution >= 4 is 28.0 Å². The van der Waals surface area contributed by atoms with Crippen LogP contribution < -0.4 is 4.74 Å². The topological polar surface area (TPSA) is 44.8 Å². The minimum absolute atomic E-state index is 0.00232. The average molecular weight is 431 g/mol. The van der Waals surface area contributed by atoms with Gasteiger partial charge >= 0.3 is 5.97 Å². The Morgan fingerprint density at radius 3 is 2.78 bits per heavy atom. The van der Waals surface area contributed by atoms with Crippen LogP contribution in [0.3, 0.4) is 0 Å². The maximum absolute atomic E-state index is 11.6. The highest BCUT2D eigenvalue weighted by molar-refractivity contribution is 9.10. The van der Waals surface area contributed by atoms with Crippen molar-refractivity contribution in [2.24, 2.45) is 0 Å². The molecule has 27 heavy (non-hydrogen) atoms. The molecule has 0 bridgehead atoms. The zero-order chi connectivity index (χ0) is 19.1. The van der Waals surface area contributed by atoms with Crippen LogP contribution in [0.25, 0.3) is 6.08 Å². The van der Waals surface area contributed by atoms with E-state index >= 15 is 0 Å². The number of carbonyl (C=O) groups excluding carboxylic acids is 1. The van der Waals surface area contributed by atoms with Crippen LogP contribution in [-0.2, 0) is 27.3 Å². The number of benzene rings is 2. The molecule has 3 rings (SSSR count). The molecule has 1 unspecified atom stereocenters. The van der Waals surface area contributed by atoms with Crippen molar-refractivity contribution in [2.75, 3.05) is 13.7 Å². The third kappa shape index (κ3) is 5.44. The fraction of sp³-hybridized carbons (Fsp3) is 0.318. The van der Waals surface area contributed by atoms with E-state index in [1.807, 2.05) is 42.5 Å². The molecule has 2 aromatic rings. The molecule has 1 atom stereocenters. The summed E-state index contributed by atoms with van der Waals surface area (Å²) in [4.78, 5) is 11.6. The van der Waals surface area contributed by atoms with Gasteiger partial charge in [-0.25, -0.2) is 0 Å². The molecule has 142 valence electrons. The zero-order valence-electron chi connectivity index (χ0n) is 15.3. The lowest BCUT2D eigenvalue weighted by Crippen LogP contribution is -2.19. The lowest BCUT2D eigenvalue weighted by Gasteiger charge is -2.24. The largest absolute Gasteiger partial charge is 0.485 e. The normalized spacial score (nSPS) is 15.1. The van der Waals surface area contributed by atoms with Crippen molar-refractivity contribution in [3.05, 3.63) is 69.7 Å². The van der Waals surface area contributed by atoms with E-state index < -0.39 is 0 Å². The van der Waals surface area contributed by atoms with Gasteiger partial charge in [0.1, 0.15) is 11.9 Å². The Morgan fingerprint density at radius 2 is 2.00 bits per heavy atom. The molecule has 0 saturated carbocycles. The predicted molar refractivity (Wildman–Crippen MR) is 109 cm³/mol. The Balaban J connectivity index is 1.51. The van der Waals surface area contributed by atoms with Gasteiger partial charge in [0, 0.05) is 12.2 Å². The summed E-state index contributed by atoms with van der Waals surface area (Å²) in [5, 5.41) is 0. The SMILES string of the molecule is COC(=O)Cc1ccc(Br)c2c1C=CC(CCCOCc1ccccc1)O2. The van der Waals surface area contributed by atoms with Crippen LogP contribution in [-0.4, -0.2) is 25.8 Å². The number of halogens is 1. The monoisotopic (exact) mass is 430 g/mol. The van der Waals surface area contributed by atoms with Crippen molar-refractivity contribution in [1.29, 1.82) is 0 Å². The first kappa shape index (κ1) is 19.6. The number of rotatable bonds is 8. The van der Waals surface area contributed by atoms with Gasteiger partial charge in [-0.05, 0) is 52.0 Å². The Kier molecular flexibility index (Phi) is 7.07. The molecule has 4 nitrogen and oxygen atoms in total. The van der Waals surface area contributed by atoms with Crippen LogP contribution in [0.4, 0.5) is 0 Å². The highest BCUT2D eigenvalue weighted by Crippen LogP contribution is 2.37. The van der Waals surface area contributed by atoms with Crippen LogP contribution >= 0.6 is 15.9 Å². The molecule has 0 saturated heterocycles. The first-order valence-corrected chi connectivity index (χ1v) is 9.81. The molecule has 1 aliphatic rings. The first-order chi connectivity index (χ1) is 13.2. The van der Waals surface area contributed by atoms with Crippen molar-refractivity contribution in [1.82, 2.24) is 0 Å². The number of methoxy groups -OCH3 is 1. The molecule has 0 aromatic heterocycles. The predicted octanol–water partition coefficient (Wildman–Crippen LogP) is 4.94. The van der Waals surface area contributed by atoms with Crippen LogP contribution in [0.2, 0.25) is 0 Å². The fourth-order valence-electron chi connectivity index (χ4n) is 3.00. The van der Waals surface area contributed by atoms with E-state index in [2.05, 4.69) is 28.1 Å². The van der Waals surface area contributed by atoms with Crippen molar-refractivity contribution in [2.45, 2.75) is 32.0 Å². The summed E-state index contributed by atoms with van der Waals surface area (Å²) >= 11 is 3.55. The highest BCUT2D eigenvalue weighted by Gasteiger charge is 2.21. The van der Waals surface area contributed by atoms with E-state index in [1.165, 1.54) is 12.7 Å². The molecule has 0 amide bonds. The van der Waals surface area contributed by atoms with E-state index in [0.29, 0.717) is 13.2 Å². The minimum atomic E-state index is -0.259. The van der Waals surface area contributed by atoms with Crippen molar-refractivity contribution in [3.8, 4) is 5.75 Å². The van der Waals surface area contributed by atoms with E-state index in [4.69, 9.17) is 14.2 Å². The van der Waals surface area contributed by atoms with Gasteiger partial charge in [0.2, 0.25) is 0 Å². The number of ether oxygens (including phenoxy) is 3. The van der Waals surface area contributed by atoms with Gasteiger partial charge < -0.3 is 14.2 Å². The zero-order valence-corrected chi connectivity index (χ0v) is 16.9. The van der Waals surface area contributed by atoms with E-state index in [1.54, 1.807) is 0 Å². The molecule has 0 radical (unpaired) electrons. The molecule has 2 aromatic carbocycles. The summed E-state index contributed by atoms with van der Waals surface area (Å²) in [6.07, 6.45) is 6.11.